The average molecular weight is 480 g/mol. The van der Waals surface area contributed by atoms with Crippen molar-refractivity contribution in [2.45, 2.75) is 25.0 Å². The topological polar surface area (TPSA) is 103 Å². The van der Waals surface area contributed by atoms with Crippen LogP contribution in [0.3, 0.4) is 0 Å². The molecule has 0 radical (unpaired) electrons. The Balaban J connectivity index is 1.70. The van der Waals surface area contributed by atoms with Crippen molar-refractivity contribution >= 4 is 56.5 Å². The van der Waals surface area contributed by atoms with E-state index in [1.807, 2.05) is 47.2 Å². The molecular formula is C18H18BrN5O2S2. The summed E-state index contributed by atoms with van der Waals surface area (Å²) in [6, 6.07) is 9.53. The second-order valence-electron chi connectivity index (χ2n) is 5.95. The van der Waals surface area contributed by atoms with Crippen LogP contribution in [0.2, 0.25) is 0 Å². The van der Waals surface area contributed by atoms with Crippen molar-refractivity contribution in [1.29, 1.82) is 0 Å². The molecule has 28 heavy (non-hydrogen) atoms. The molecule has 0 spiro atoms. The third-order valence-corrected chi connectivity index (χ3v) is 6.16. The van der Waals surface area contributed by atoms with Crippen molar-refractivity contribution in [3.8, 4) is 10.7 Å². The minimum Gasteiger partial charge on any atom is -0.370 e. The van der Waals surface area contributed by atoms with Crippen molar-refractivity contribution in [1.82, 2.24) is 14.8 Å². The maximum absolute atomic E-state index is 12.4. The summed E-state index contributed by atoms with van der Waals surface area (Å²) in [4.78, 5) is 24.5. The Morgan fingerprint density at radius 2 is 2.14 bits per heavy atom. The molecule has 0 bridgehead atoms. The molecule has 1 aromatic carbocycles. The second-order valence-corrected chi connectivity index (χ2v) is 8.75. The van der Waals surface area contributed by atoms with Gasteiger partial charge in [-0.05, 0) is 42.1 Å². The number of carbonyl (C=O) groups excluding carboxylic acids is 2. The average Bonchev–Trinajstić information content (AvgIpc) is 3.29. The predicted molar refractivity (Wildman–Crippen MR) is 115 cm³/mol. The lowest BCUT2D eigenvalue weighted by atomic mass is 10.2. The second kappa shape index (κ2) is 9.35. The number of hydrogen-bond donors (Lipinski definition) is 2. The minimum absolute atomic E-state index is 0.141. The van der Waals surface area contributed by atoms with Crippen LogP contribution in [0.25, 0.3) is 10.7 Å². The summed E-state index contributed by atoms with van der Waals surface area (Å²) in [5.74, 6) is 0.306. The van der Waals surface area contributed by atoms with E-state index in [9.17, 15) is 9.59 Å². The summed E-state index contributed by atoms with van der Waals surface area (Å²) < 4.78 is 2.79. The number of primary amides is 1. The summed E-state index contributed by atoms with van der Waals surface area (Å²) in [5.41, 5.74) is 7.03. The number of nitrogens with two attached hydrogens (primary N) is 1. The third kappa shape index (κ3) is 5.21. The van der Waals surface area contributed by atoms with Crippen LogP contribution in [0.1, 0.15) is 12.0 Å². The molecular weight excluding hydrogens is 462 g/mol. The first-order valence-corrected chi connectivity index (χ1v) is 11.0. The van der Waals surface area contributed by atoms with Gasteiger partial charge >= 0.3 is 0 Å². The third-order valence-electron chi connectivity index (χ3n) is 3.84. The van der Waals surface area contributed by atoms with Gasteiger partial charge in [-0.25, -0.2) is 0 Å². The number of halogens is 1. The van der Waals surface area contributed by atoms with Gasteiger partial charge < -0.3 is 15.6 Å². The highest BCUT2D eigenvalue weighted by Gasteiger charge is 2.17. The van der Waals surface area contributed by atoms with Crippen LogP contribution in [0, 0.1) is 6.92 Å². The van der Waals surface area contributed by atoms with Crippen LogP contribution in [0.5, 0.6) is 0 Å². The monoisotopic (exact) mass is 479 g/mol. The van der Waals surface area contributed by atoms with E-state index in [1.54, 1.807) is 0 Å². The van der Waals surface area contributed by atoms with E-state index in [4.69, 9.17) is 5.73 Å². The molecule has 0 unspecified atom stereocenters. The molecule has 0 saturated heterocycles. The minimum atomic E-state index is -0.398. The molecule has 3 aromatic rings. The number of thiophene rings is 1. The van der Waals surface area contributed by atoms with Gasteiger partial charge in [-0.1, -0.05) is 33.8 Å². The Labute approximate surface area is 178 Å². The van der Waals surface area contributed by atoms with Crippen LogP contribution in [0.4, 0.5) is 5.69 Å². The molecule has 3 rings (SSSR count). The number of aryl methyl sites for hydroxylation is 1. The highest BCUT2D eigenvalue weighted by atomic mass is 79.9. The van der Waals surface area contributed by atoms with Crippen LogP contribution in [0.15, 0.2) is 45.3 Å². The first-order chi connectivity index (χ1) is 13.4. The summed E-state index contributed by atoms with van der Waals surface area (Å²) in [7, 11) is 0. The first kappa shape index (κ1) is 20.6. The van der Waals surface area contributed by atoms with Crippen molar-refractivity contribution in [3.05, 3.63) is 45.7 Å². The van der Waals surface area contributed by atoms with Gasteiger partial charge in [-0.3, -0.25) is 9.59 Å². The number of anilines is 1. The smallest absolute Gasteiger partial charge is 0.234 e. The summed E-state index contributed by atoms with van der Waals surface area (Å²) >= 11 is 6.22. The zero-order valence-electron chi connectivity index (χ0n) is 15.0. The highest BCUT2D eigenvalue weighted by Crippen LogP contribution is 2.28. The fraction of sp³-hybridized carbons (Fsp3) is 0.222. The number of benzene rings is 1. The number of nitrogens with one attached hydrogen (secondary N) is 1. The fourth-order valence-electron chi connectivity index (χ4n) is 2.49. The largest absolute Gasteiger partial charge is 0.370 e. The lowest BCUT2D eigenvalue weighted by Gasteiger charge is -2.10. The Morgan fingerprint density at radius 1 is 1.32 bits per heavy atom. The summed E-state index contributed by atoms with van der Waals surface area (Å²) in [6.45, 7) is 2.30. The predicted octanol–water partition coefficient (Wildman–Crippen LogP) is 3.68. The highest BCUT2D eigenvalue weighted by molar-refractivity contribution is 9.10. The zero-order valence-corrected chi connectivity index (χ0v) is 18.2. The lowest BCUT2D eigenvalue weighted by Crippen LogP contribution is -2.17. The van der Waals surface area contributed by atoms with Crippen LogP contribution < -0.4 is 11.1 Å². The molecule has 7 nitrogen and oxygen atoms in total. The molecule has 0 aliphatic carbocycles. The number of aromatic nitrogens is 3. The molecule has 0 saturated carbocycles. The molecule has 0 atom stereocenters. The van der Waals surface area contributed by atoms with E-state index in [0.717, 1.165) is 20.6 Å². The van der Waals surface area contributed by atoms with E-state index in [1.165, 1.54) is 23.1 Å². The number of hydrogen-bond acceptors (Lipinski definition) is 6. The van der Waals surface area contributed by atoms with Crippen molar-refractivity contribution in [2.75, 3.05) is 11.1 Å². The standard InChI is InChI=1S/C18H18BrN5O2S2/c1-11-9-12(19)4-5-13(11)21-16(26)10-28-18-23-22-17(14-3-2-8-27-14)24(18)7-6-15(20)25/h2-5,8-9H,6-7,10H2,1H3,(H2,20,25)(H,21,26). The van der Waals surface area contributed by atoms with Gasteiger partial charge in [-0.2, -0.15) is 0 Å². The number of amides is 2. The Hall–Kier alpha value is -2.17. The van der Waals surface area contributed by atoms with Crippen LogP contribution >= 0.6 is 39.0 Å². The maximum atomic E-state index is 12.4. The fourth-order valence-corrected chi connectivity index (χ4v) is 4.45. The van der Waals surface area contributed by atoms with Crippen LogP contribution in [-0.2, 0) is 16.1 Å². The molecule has 10 heteroatoms. The van der Waals surface area contributed by atoms with Crippen molar-refractivity contribution < 1.29 is 9.59 Å². The number of thioether (sulfide) groups is 1. The van der Waals surface area contributed by atoms with Crippen molar-refractivity contribution in [3.63, 3.8) is 0 Å². The SMILES string of the molecule is Cc1cc(Br)ccc1NC(=O)CSc1nnc(-c2cccs2)n1CCC(N)=O. The lowest BCUT2D eigenvalue weighted by molar-refractivity contribution is -0.118. The quantitative estimate of drug-likeness (QED) is 0.479. The molecule has 146 valence electrons. The molecule has 0 fully saturated rings. The van der Waals surface area contributed by atoms with E-state index in [0.29, 0.717) is 17.5 Å². The molecule has 2 heterocycles. The summed E-state index contributed by atoms with van der Waals surface area (Å²) in [6.07, 6.45) is 0.175. The maximum Gasteiger partial charge on any atom is 0.234 e. The van der Waals surface area contributed by atoms with Gasteiger partial charge in [-0.15, -0.1) is 21.5 Å². The first-order valence-electron chi connectivity index (χ1n) is 8.38. The Bertz CT molecular complexity index is 988. The molecule has 3 N–H and O–H groups in total. The van der Waals surface area contributed by atoms with Crippen molar-refractivity contribution in [2.24, 2.45) is 5.73 Å². The van der Waals surface area contributed by atoms with E-state index >= 15 is 0 Å². The van der Waals surface area contributed by atoms with Gasteiger partial charge in [0.15, 0.2) is 11.0 Å². The van der Waals surface area contributed by atoms with E-state index in [-0.39, 0.29) is 18.1 Å². The van der Waals surface area contributed by atoms with Crippen LogP contribution in [-0.4, -0.2) is 32.3 Å². The van der Waals surface area contributed by atoms with Gasteiger partial charge in [0, 0.05) is 23.1 Å². The Morgan fingerprint density at radius 3 is 2.82 bits per heavy atom. The zero-order chi connectivity index (χ0) is 20.1. The molecule has 2 aromatic heterocycles. The van der Waals surface area contributed by atoms with Gasteiger partial charge in [0.2, 0.25) is 11.8 Å². The van der Waals surface area contributed by atoms with E-state index in [2.05, 4.69) is 31.4 Å². The normalized spacial score (nSPS) is 10.8. The van der Waals surface area contributed by atoms with Gasteiger partial charge in [0.1, 0.15) is 0 Å². The number of carbonyl (C=O) groups is 2. The molecule has 0 aliphatic rings. The number of nitrogens with zero attached hydrogens (tertiary/aromatic N) is 3. The van der Waals surface area contributed by atoms with Gasteiger partial charge in [0.25, 0.3) is 0 Å². The molecule has 2 amide bonds. The molecule has 0 aliphatic heterocycles. The van der Waals surface area contributed by atoms with Gasteiger partial charge in [0.05, 0.1) is 10.6 Å². The number of rotatable bonds is 8. The van der Waals surface area contributed by atoms with E-state index < -0.39 is 5.91 Å². The summed E-state index contributed by atoms with van der Waals surface area (Å²) in [5, 5.41) is 13.9. The Kier molecular flexibility index (Phi) is 6.87.